The van der Waals surface area contributed by atoms with Gasteiger partial charge in [-0.15, -0.1) is 0 Å². The summed E-state index contributed by atoms with van der Waals surface area (Å²) in [4.78, 5) is 10.9. The van der Waals surface area contributed by atoms with Crippen molar-refractivity contribution in [3.63, 3.8) is 0 Å². The van der Waals surface area contributed by atoms with Crippen LogP contribution in [0.1, 0.15) is 40.5 Å². The van der Waals surface area contributed by atoms with E-state index in [-0.39, 0.29) is 5.78 Å². The fraction of sp³-hybridized carbons (Fsp3) is 0.727. The first-order valence-corrected chi connectivity index (χ1v) is 4.82. The van der Waals surface area contributed by atoms with Crippen molar-refractivity contribution >= 4 is 5.78 Å². The molecule has 0 fully saturated rings. The predicted octanol–water partition coefficient (Wildman–Crippen LogP) is 3.20. The Balaban J connectivity index is 3.90. The zero-order chi connectivity index (χ0) is 9.56. The fourth-order valence-electron chi connectivity index (χ4n) is 0.938. The summed E-state index contributed by atoms with van der Waals surface area (Å²) in [7, 11) is 0. The molecule has 0 saturated carbocycles. The molecule has 0 aliphatic heterocycles. The van der Waals surface area contributed by atoms with Crippen molar-refractivity contribution in [1.82, 2.24) is 0 Å². The summed E-state index contributed by atoms with van der Waals surface area (Å²) in [5, 5.41) is 0. The van der Waals surface area contributed by atoms with Crippen molar-refractivity contribution in [2.75, 3.05) is 0 Å². The highest BCUT2D eigenvalue weighted by atomic mass is 16.1. The minimum atomic E-state index is 0.227. The highest BCUT2D eigenvalue weighted by molar-refractivity contribution is 5.89. The lowest BCUT2D eigenvalue weighted by molar-refractivity contribution is -0.114. The smallest absolute Gasteiger partial charge is 0.155 e. The molecule has 0 aromatic heterocycles. The van der Waals surface area contributed by atoms with E-state index >= 15 is 0 Å². The number of carbonyl (C=O) groups excluding carboxylic acids is 1. The third kappa shape index (κ3) is 4.32. The molecule has 0 amide bonds. The Kier molecular flexibility index (Phi) is 5.69. The number of hydrogen-bond donors (Lipinski definition) is 0. The lowest BCUT2D eigenvalue weighted by atomic mass is 9.93. The third-order valence-corrected chi connectivity index (χ3v) is 2.48. The van der Waals surface area contributed by atoms with Crippen molar-refractivity contribution in [3.8, 4) is 0 Å². The van der Waals surface area contributed by atoms with Crippen LogP contribution in [0.2, 0.25) is 0 Å². The van der Waals surface area contributed by atoms with Gasteiger partial charge in [-0.2, -0.15) is 0 Å². The second kappa shape index (κ2) is 5.99. The van der Waals surface area contributed by atoms with Crippen molar-refractivity contribution in [2.24, 2.45) is 11.8 Å². The van der Waals surface area contributed by atoms with E-state index in [4.69, 9.17) is 0 Å². The van der Waals surface area contributed by atoms with E-state index in [1.807, 2.05) is 13.0 Å². The molecule has 0 aromatic carbocycles. The molecule has 0 bridgehead atoms. The molecule has 0 aliphatic carbocycles. The van der Waals surface area contributed by atoms with E-state index in [1.54, 1.807) is 6.08 Å². The summed E-state index contributed by atoms with van der Waals surface area (Å²) >= 11 is 0. The van der Waals surface area contributed by atoms with E-state index in [0.717, 1.165) is 0 Å². The van der Waals surface area contributed by atoms with E-state index in [1.165, 1.54) is 6.42 Å². The monoisotopic (exact) mass is 168 g/mol. The van der Waals surface area contributed by atoms with Crippen LogP contribution in [0, 0.1) is 11.8 Å². The standard InChI is InChI=1S/C11H20O/c1-5-9(3)10(4)7-8-11(12)6-2/h7-10H,5-6H2,1-4H3/b8-7-. The van der Waals surface area contributed by atoms with Crippen LogP contribution >= 0.6 is 0 Å². The van der Waals surface area contributed by atoms with Crippen LogP contribution in [0.15, 0.2) is 12.2 Å². The van der Waals surface area contributed by atoms with E-state index in [9.17, 15) is 4.79 Å². The normalized spacial score (nSPS) is 16.3. The van der Waals surface area contributed by atoms with Gasteiger partial charge < -0.3 is 0 Å². The van der Waals surface area contributed by atoms with Gasteiger partial charge in [0.25, 0.3) is 0 Å². The number of ketones is 1. The molecule has 12 heavy (non-hydrogen) atoms. The van der Waals surface area contributed by atoms with Crippen LogP contribution < -0.4 is 0 Å². The van der Waals surface area contributed by atoms with Crippen LogP contribution in [0.25, 0.3) is 0 Å². The van der Waals surface area contributed by atoms with Crippen LogP contribution in [-0.2, 0) is 4.79 Å². The molecule has 0 rings (SSSR count). The number of hydrogen-bond acceptors (Lipinski definition) is 1. The molecule has 1 heteroatoms. The lowest BCUT2D eigenvalue weighted by Crippen LogP contribution is -2.04. The van der Waals surface area contributed by atoms with Crippen molar-refractivity contribution < 1.29 is 4.79 Å². The van der Waals surface area contributed by atoms with Gasteiger partial charge in [0.15, 0.2) is 5.78 Å². The second-order valence-corrected chi connectivity index (χ2v) is 3.42. The van der Waals surface area contributed by atoms with E-state index in [0.29, 0.717) is 18.3 Å². The number of rotatable bonds is 5. The average Bonchev–Trinajstić information content (AvgIpc) is 2.11. The Bertz CT molecular complexity index is 158. The molecule has 0 heterocycles. The summed E-state index contributed by atoms with van der Waals surface area (Å²) < 4.78 is 0. The Morgan fingerprint density at radius 2 is 1.92 bits per heavy atom. The zero-order valence-electron chi connectivity index (χ0n) is 8.63. The van der Waals surface area contributed by atoms with Crippen molar-refractivity contribution in [3.05, 3.63) is 12.2 Å². The molecular formula is C11H20O. The van der Waals surface area contributed by atoms with Gasteiger partial charge in [0.1, 0.15) is 0 Å². The highest BCUT2D eigenvalue weighted by Crippen LogP contribution is 2.15. The van der Waals surface area contributed by atoms with E-state index in [2.05, 4.69) is 20.8 Å². The topological polar surface area (TPSA) is 17.1 Å². The van der Waals surface area contributed by atoms with Gasteiger partial charge in [-0.25, -0.2) is 0 Å². The van der Waals surface area contributed by atoms with Crippen LogP contribution in [-0.4, -0.2) is 5.78 Å². The number of allylic oxidation sites excluding steroid dienone is 2. The highest BCUT2D eigenvalue weighted by Gasteiger charge is 2.05. The minimum Gasteiger partial charge on any atom is -0.295 e. The Morgan fingerprint density at radius 3 is 2.33 bits per heavy atom. The van der Waals surface area contributed by atoms with Gasteiger partial charge in [-0.1, -0.05) is 40.2 Å². The molecule has 0 spiro atoms. The molecule has 2 unspecified atom stereocenters. The van der Waals surface area contributed by atoms with Gasteiger partial charge in [-0.05, 0) is 17.9 Å². The average molecular weight is 168 g/mol. The molecule has 1 nitrogen and oxygen atoms in total. The first kappa shape index (κ1) is 11.4. The summed E-state index contributed by atoms with van der Waals surface area (Å²) in [5.41, 5.74) is 0. The van der Waals surface area contributed by atoms with Crippen LogP contribution in [0.4, 0.5) is 0 Å². The van der Waals surface area contributed by atoms with Crippen molar-refractivity contribution in [1.29, 1.82) is 0 Å². The Labute approximate surface area is 75.9 Å². The molecule has 70 valence electrons. The van der Waals surface area contributed by atoms with Gasteiger partial charge in [0, 0.05) is 6.42 Å². The molecule has 0 radical (unpaired) electrons. The molecule has 0 aromatic rings. The van der Waals surface area contributed by atoms with Gasteiger partial charge >= 0.3 is 0 Å². The van der Waals surface area contributed by atoms with Crippen LogP contribution in [0.5, 0.6) is 0 Å². The quantitative estimate of drug-likeness (QED) is 0.576. The third-order valence-electron chi connectivity index (χ3n) is 2.48. The maximum Gasteiger partial charge on any atom is 0.155 e. The lowest BCUT2D eigenvalue weighted by Gasteiger charge is -2.13. The van der Waals surface area contributed by atoms with Gasteiger partial charge in [-0.3, -0.25) is 4.79 Å². The maximum atomic E-state index is 10.9. The summed E-state index contributed by atoms with van der Waals surface area (Å²) in [6.45, 7) is 8.44. The summed E-state index contributed by atoms with van der Waals surface area (Å²) in [6.07, 6.45) is 5.53. The fourth-order valence-corrected chi connectivity index (χ4v) is 0.938. The number of carbonyl (C=O) groups is 1. The van der Waals surface area contributed by atoms with Crippen molar-refractivity contribution in [2.45, 2.75) is 40.5 Å². The van der Waals surface area contributed by atoms with Gasteiger partial charge in [0.2, 0.25) is 0 Å². The predicted molar refractivity (Wildman–Crippen MR) is 53.1 cm³/mol. The maximum absolute atomic E-state index is 10.9. The molecule has 0 N–H and O–H groups in total. The first-order chi connectivity index (χ1) is 5.61. The Morgan fingerprint density at radius 1 is 1.33 bits per heavy atom. The molecular weight excluding hydrogens is 148 g/mol. The minimum absolute atomic E-state index is 0.227. The molecule has 0 aliphatic rings. The largest absolute Gasteiger partial charge is 0.295 e. The summed E-state index contributed by atoms with van der Waals surface area (Å²) in [5.74, 6) is 1.42. The van der Waals surface area contributed by atoms with Crippen LogP contribution in [0.3, 0.4) is 0 Å². The SMILES string of the molecule is CCC(=O)/C=C\C(C)C(C)CC. The second-order valence-electron chi connectivity index (χ2n) is 3.42. The zero-order valence-corrected chi connectivity index (χ0v) is 8.63. The van der Waals surface area contributed by atoms with E-state index < -0.39 is 0 Å². The summed E-state index contributed by atoms with van der Waals surface area (Å²) in [6, 6.07) is 0. The molecule has 0 saturated heterocycles. The Hall–Kier alpha value is -0.590. The molecule has 2 atom stereocenters. The van der Waals surface area contributed by atoms with Gasteiger partial charge in [0.05, 0.1) is 0 Å². The first-order valence-electron chi connectivity index (χ1n) is 4.82.